The predicted octanol–water partition coefficient (Wildman–Crippen LogP) is 5.50. The molecule has 1 atom stereocenters. The molecule has 2 aromatic carbocycles. The normalized spacial score (nSPS) is 12.3. The predicted molar refractivity (Wildman–Crippen MR) is 152 cm³/mol. The summed E-state index contributed by atoms with van der Waals surface area (Å²) in [6, 6.07) is 19.9. The van der Waals surface area contributed by atoms with Gasteiger partial charge < -0.3 is 18.6 Å². The van der Waals surface area contributed by atoms with Gasteiger partial charge in [0.1, 0.15) is 11.3 Å². The van der Waals surface area contributed by atoms with Gasteiger partial charge in [-0.25, -0.2) is 4.98 Å². The number of halogens is 3. The maximum atomic E-state index is 12.7. The van der Waals surface area contributed by atoms with Crippen LogP contribution < -0.4 is 9.62 Å². The highest BCUT2D eigenvalue weighted by Gasteiger charge is 2.32. The molecule has 0 saturated heterocycles. The number of rotatable bonds is 9. The van der Waals surface area contributed by atoms with Crippen molar-refractivity contribution in [1.82, 2.24) is 19.7 Å². The maximum Gasteiger partial charge on any atom is 0.433 e. The molecule has 0 spiro atoms. The molecule has 12 heteroatoms. The Kier molecular flexibility index (Phi) is 8.36. The summed E-state index contributed by atoms with van der Waals surface area (Å²) in [6.45, 7) is 2.18. The average Bonchev–Trinajstić information content (AvgIpc) is 3.42. The summed E-state index contributed by atoms with van der Waals surface area (Å²) >= 11 is -2.54. The van der Waals surface area contributed by atoms with E-state index in [2.05, 4.69) is 10.3 Å². The highest BCUT2D eigenvalue weighted by molar-refractivity contribution is 7.80. The van der Waals surface area contributed by atoms with Crippen molar-refractivity contribution in [2.45, 2.75) is 26.1 Å². The Morgan fingerprint density at radius 2 is 1.74 bits per heavy atom. The maximum absolute atomic E-state index is 12.7. The van der Waals surface area contributed by atoms with Crippen LogP contribution in [-0.4, -0.2) is 35.6 Å². The fraction of sp³-hybridized carbons (Fsp3) is 0.167. The van der Waals surface area contributed by atoms with Gasteiger partial charge in [-0.05, 0) is 66.4 Å². The second-order valence-corrected chi connectivity index (χ2v) is 10.5. The Morgan fingerprint density at radius 3 is 2.36 bits per heavy atom. The number of benzene rings is 2. The number of amides is 1. The molecule has 8 nitrogen and oxygen atoms in total. The number of pyridine rings is 2. The molecule has 42 heavy (non-hydrogen) atoms. The van der Waals surface area contributed by atoms with Crippen LogP contribution in [0.4, 0.5) is 18.9 Å². The molecule has 1 N–H and O–H groups in total. The summed E-state index contributed by atoms with van der Waals surface area (Å²) in [4.78, 5) is 20.6. The van der Waals surface area contributed by atoms with Gasteiger partial charge in [-0.3, -0.25) is 14.0 Å². The number of alkyl halides is 3. The summed E-state index contributed by atoms with van der Waals surface area (Å²) in [5.74, 6) is -0.461. The lowest BCUT2D eigenvalue weighted by molar-refractivity contribution is -0.141. The first-order valence-corrected chi connectivity index (χ1v) is 13.9. The fourth-order valence-corrected chi connectivity index (χ4v) is 4.95. The van der Waals surface area contributed by atoms with E-state index in [1.807, 2.05) is 60.1 Å². The second kappa shape index (κ2) is 12.1. The van der Waals surface area contributed by atoms with Crippen LogP contribution in [0.3, 0.4) is 0 Å². The van der Waals surface area contributed by atoms with Gasteiger partial charge >= 0.3 is 6.18 Å². The van der Waals surface area contributed by atoms with Crippen LogP contribution in [0.5, 0.6) is 0 Å². The van der Waals surface area contributed by atoms with Gasteiger partial charge in [-0.15, -0.1) is 0 Å². The van der Waals surface area contributed by atoms with E-state index in [0.717, 1.165) is 40.3 Å². The molecule has 5 aromatic rings. The number of imidazole rings is 1. The minimum absolute atomic E-state index is 0.0159. The van der Waals surface area contributed by atoms with Gasteiger partial charge in [0, 0.05) is 59.8 Å². The highest BCUT2D eigenvalue weighted by atomic mass is 32.2. The van der Waals surface area contributed by atoms with Gasteiger partial charge in [-0.2, -0.15) is 13.2 Å². The van der Waals surface area contributed by atoms with Gasteiger partial charge in [0.25, 0.3) is 5.91 Å². The number of carbonyl (C=O) groups is 1. The highest BCUT2D eigenvalue weighted by Crippen LogP contribution is 2.27. The van der Waals surface area contributed by atoms with Crippen molar-refractivity contribution in [3.05, 3.63) is 119 Å². The lowest BCUT2D eigenvalue weighted by Gasteiger charge is -2.26. The van der Waals surface area contributed by atoms with E-state index >= 15 is 0 Å². The minimum atomic E-state index is -4.54. The second-order valence-electron chi connectivity index (χ2n) is 9.59. The zero-order valence-electron chi connectivity index (χ0n) is 22.3. The number of hydrogen-bond donors (Lipinski definition) is 1. The number of aryl methyl sites for hydroxylation is 1. The number of nitrogens with one attached hydrogen (secondary N) is 1. The van der Waals surface area contributed by atoms with Crippen LogP contribution >= 0.6 is 0 Å². The Bertz CT molecular complexity index is 1720. The molecule has 5 rings (SSSR count). The molecular weight excluding hydrogens is 567 g/mol. The van der Waals surface area contributed by atoms with Crippen LogP contribution in [0.2, 0.25) is 0 Å². The zero-order valence-corrected chi connectivity index (χ0v) is 23.2. The zero-order chi connectivity index (χ0) is 29.9. The average molecular weight is 593 g/mol. The molecule has 0 aliphatic carbocycles. The molecule has 0 radical (unpaired) electrons. The summed E-state index contributed by atoms with van der Waals surface area (Å²) in [5.41, 5.74) is 4.78. The number of carbonyl (C=O) groups excluding carboxylic acids is 1. The lowest BCUT2D eigenvalue weighted by Crippen LogP contribution is -2.28. The molecule has 3 heterocycles. The van der Waals surface area contributed by atoms with Crippen LogP contribution in [0.1, 0.15) is 32.7 Å². The Labute approximate surface area is 242 Å². The topological polar surface area (TPSA) is 103 Å². The van der Waals surface area contributed by atoms with E-state index < -0.39 is 29.0 Å². The van der Waals surface area contributed by atoms with Gasteiger partial charge in [0.15, 0.2) is 0 Å². The van der Waals surface area contributed by atoms with E-state index in [0.29, 0.717) is 17.7 Å². The third-order valence-corrected chi connectivity index (χ3v) is 7.45. The molecule has 1 amide bonds. The standard InChI is InChI=1S/C30H26F3N5O3S/c1-20-3-2-15-37-19-26(36-28(20)37)23-7-4-21(5-8-23)14-16-38(42(40)41)25-11-9-24(10-12-25)29(39)35-18-22-6-13-27(34-17-22)30(31,32)33/h2-13,15,17,19H,14,16,18H2,1H3,(H,35,39)(H,40,41)/p-1. The van der Waals surface area contributed by atoms with Crippen LogP contribution in [0, 0.1) is 6.92 Å². The molecule has 216 valence electrons. The third kappa shape index (κ3) is 6.67. The number of hydrogen-bond acceptors (Lipinski definition) is 5. The lowest BCUT2D eigenvalue weighted by atomic mass is 10.1. The molecule has 0 bridgehead atoms. The number of aromatic nitrogens is 3. The van der Waals surface area contributed by atoms with Crippen molar-refractivity contribution in [1.29, 1.82) is 0 Å². The van der Waals surface area contributed by atoms with Gasteiger partial charge in [-0.1, -0.05) is 36.4 Å². The first-order chi connectivity index (χ1) is 20.1. The molecule has 3 aromatic heterocycles. The fourth-order valence-electron chi connectivity index (χ4n) is 4.42. The SMILES string of the molecule is Cc1cccn2cc(-c3ccc(CCN(c4ccc(C(=O)NCc5ccc(C(F)(F)F)nc5)cc4)S(=O)[O-])cc3)nc12. The van der Waals surface area contributed by atoms with Crippen molar-refractivity contribution in [3.8, 4) is 11.3 Å². The Balaban J connectivity index is 1.18. The summed E-state index contributed by atoms with van der Waals surface area (Å²) in [6.07, 6.45) is 0.898. The number of anilines is 1. The van der Waals surface area contributed by atoms with E-state index in [1.165, 1.54) is 34.6 Å². The quantitative estimate of drug-likeness (QED) is 0.228. The number of nitrogens with zero attached hydrogens (tertiary/aromatic N) is 4. The number of fused-ring (bicyclic) bond motifs is 1. The molecule has 0 aliphatic heterocycles. The first kappa shape index (κ1) is 29.0. The Hall–Kier alpha value is -4.55. The first-order valence-electron chi connectivity index (χ1n) is 12.9. The molecule has 0 aliphatic rings. The van der Waals surface area contributed by atoms with Crippen LogP contribution in [0.15, 0.2) is 91.4 Å². The van der Waals surface area contributed by atoms with E-state index in [4.69, 9.17) is 4.98 Å². The monoisotopic (exact) mass is 592 g/mol. The van der Waals surface area contributed by atoms with Crippen molar-refractivity contribution in [2.75, 3.05) is 10.8 Å². The molecular formula is C30H25F3N5O3S-. The van der Waals surface area contributed by atoms with Crippen molar-refractivity contribution < 1.29 is 26.7 Å². The summed E-state index contributed by atoms with van der Waals surface area (Å²) in [5, 5.41) is 2.62. The van der Waals surface area contributed by atoms with Crippen molar-refractivity contribution in [3.63, 3.8) is 0 Å². The summed E-state index contributed by atoms with van der Waals surface area (Å²) < 4.78 is 65.2. The van der Waals surface area contributed by atoms with Crippen LogP contribution in [0.25, 0.3) is 16.9 Å². The molecule has 1 unspecified atom stereocenters. The van der Waals surface area contributed by atoms with Gasteiger partial charge in [0.2, 0.25) is 0 Å². The van der Waals surface area contributed by atoms with E-state index in [1.54, 1.807) is 0 Å². The largest absolute Gasteiger partial charge is 0.755 e. The van der Waals surface area contributed by atoms with Gasteiger partial charge in [0.05, 0.1) is 5.69 Å². The molecule has 0 saturated carbocycles. The Morgan fingerprint density at radius 1 is 1.02 bits per heavy atom. The van der Waals surface area contributed by atoms with E-state index in [-0.39, 0.29) is 18.7 Å². The summed E-state index contributed by atoms with van der Waals surface area (Å²) in [7, 11) is 0. The van der Waals surface area contributed by atoms with Crippen molar-refractivity contribution >= 4 is 28.5 Å². The van der Waals surface area contributed by atoms with Crippen LogP contribution in [-0.2, 0) is 30.4 Å². The molecule has 0 fully saturated rings. The third-order valence-electron chi connectivity index (χ3n) is 6.70. The minimum Gasteiger partial charge on any atom is -0.755 e. The van der Waals surface area contributed by atoms with Crippen molar-refractivity contribution in [2.24, 2.45) is 0 Å². The van der Waals surface area contributed by atoms with E-state index in [9.17, 15) is 26.7 Å². The smallest absolute Gasteiger partial charge is 0.433 e.